The van der Waals surface area contributed by atoms with E-state index in [-0.39, 0.29) is 11.8 Å². The minimum absolute atomic E-state index is 0.229. The lowest BCUT2D eigenvalue weighted by atomic mass is 10.1. The number of likely N-dealkylation sites (tertiary alicyclic amines) is 1. The van der Waals surface area contributed by atoms with E-state index in [0.29, 0.717) is 18.7 Å². The Balaban J connectivity index is 2.30. The van der Waals surface area contributed by atoms with Crippen LogP contribution < -0.4 is 5.73 Å². The zero-order valence-electron chi connectivity index (χ0n) is 9.48. The average molecular weight is 234 g/mol. The van der Waals surface area contributed by atoms with Crippen LogP contribution in [0.1, 0.15) is 26.2 Å². The third kappa shape index (κ3) is 4.95. The third-order valence-corrected chi connectivity index (χ3v) is 4.61. The summed E-state index contributed by atoms with van der Waals surface area (Å²) in [6, 6.07) is 0.229. The van der Waals surface area contributed by atoms with Gasteiger partial charge < -0.3 is 10.6 Å². The monoisotopic (exact) mass is 234 g/mol. The fourth-order valence-electron chi connectivity index (χ4n) is 1.98. The molecule has 5 heteroatoms. The van der Waals surface area contributed by atoms with Gasteiger partial charge in [0.2, 0.25) is 0 Å². The van der Waals surface area contributed by atoms with E-state index in [9.17, 15) is 8.42 Å². The highest BCUT2D eigenvalue weighted by atomic mass is 32.2. The van der Waals surface area contributed by atoms with Gasteiger partial charge in [-0.25, -0.2) is 8.42 Å². The molecule has 0 saturated carbocycles. The Kier molecular flexibility index (Phi) is 5.02. The molecule has 1 rings (SSSR count). The SMILES string of the molecule is CCCS(=O)(=O)CCN1CCCC(N)C1. The van der Waals surface area contributed by atoms with E-state index in [2.05, 4.69) is 4.90 Å². The first kappa shape index (κ1) is 12.9. The summed E-state index contributed by atoms with van der Waals surface area (Å²) in [7, 11) is -2.83. The molecule has 0 aromatic rings. The van der Waals surface area contributed by atoms with E-state index in [1.165, 1.54) is 0 Å². The molecule has 1 heterocycles. The van der Waals surface area contributed by atoms with E-state index >= 15 is 0 Å². The molecule has 1 fully saturated rings. The second-order valence-corrected chi connectivity index (χ2v) is 6.66. The first-order valence-electron chi connectivity index (χ1n) is 5.72. The van der Waals surface area contributed by atoms with Crippen LogP contribution in [0.25, 0.3) is 0 Å². The van der Waals surface area contributed by atoms with Gasteiger partial charge in [-0.05, 0) is 25.8 Å². The van der Waals surface area contributed by atoms with Crippen molar-refractivity contribution < 1.29 is 8.42 Å². The van der Waals surface area contributed by atoms with Crippen LogP contribution in [0.3, 0.4) is 0 Å². The molecule has 0 aromatic carbocycles. The predicted molar refractivity (Wildman–Crippen MR) is 62.6 cm³/mol. The Hall–Kier alpha value is -0.130. The number of piperidine rings is 1. The molecular formula is C10H22N2O2S. The Labute approximate surface area is 92.7 Å². The average Bonchev–Trinajstić information content (AvgIpc) is 2.15. The predicted octanol–water partition coefficient (Wildman–Crippen LogP) is 0.234. The van der Waals surface area contributed by atoms with Crippen molar-refractivity contribution in [3.05, 3.63) is 0 Å². The Morgan fingerprint density at radius 3 is 2.73 bits per heavy atom. The van der Waals surface area contributed by atoms with Crippen molar-refractivity contribution in [2.75, 3.05) is 31.1 Å². The maximum absolute atomic E-state index is 11.5. The molecule has 1 unspecified atom stereocenters. The molecule has 4 nitrogen and oxygen atoms in total. The molecule has 15 heavy (non-hydrogen) atoms. The molecule has 1 atom stereocenters. The largest absolute Gasteiger partial charge is 0.327 e. The van der Waals surface area contributed by atoms with Crippen molar-refractivity contribution in [3.8, 4) is 0 Å². The van der Waals surface area contributed by atoms with Gasteiger partial charge in [0, 0.05) is 24.9 Å². The summed E-state index contributed by atoms with van der Waals surface area (Å²) < 4.78 is 23.0. The lowest BCUT2D eigenvalue weighted by Crippen LogP contribution is -2.44. The molecule has 0 radical (unpaired) electrons. The van der Waals surface area contributed by atoms with Crippen molar-refractivity contribution in [2.24, 2.45) is 5.73 Å². The minimum Gasteiger partial charge on any atom is -0.327 e. The van der Waals surface area contributed by atoms with Gasteiger partial charge in [0.15, 0.2) is 9.84 Å². The summed E-state index contributed by atoms with van der Waals surface area (Å²) in [6.07, 6.45) is 2.87. The van der Waals surface area contributed by atoms with E-state index < -0.39 is 9.84 Å². The van der Waals surface area contributed by atoms with Crippen LogP contribution in [0.15, 0.2) is 0 Å². The summed E-state index contributed by atoms with van der Waals surface area (Å²) in [5.74, 6) is 0.598. The van der Waals surface area contributed by atoms with E-state index in [1.807, 2.05) is 6.92 Å². The Morgan fingerprint density at radius 1 is 1.40 bits per heavy atom. The van der Waals surface area contributed by atoms with Crippen LogP contribution >= 0.6 is 0 Å². The smallest absolute Gasteiger partial charge is 0.151 e. The van der Waals surface area contributed by atoms with Crippen LogP contribution in [-0.4, -0.2) is 50.5 Å². The molecule has 1 aliphatic heterocycles. The van der Waals surface area contributed by atoms with Gasteiger partial charge >= 0.3 is 0 Å². The normalized spacial score (nSPS) is 24.3. The van der Waals surface area contributed by atoms with Gasteiger partial charge in [-0.1, -0.05) is 6.92 Å². The number of sulfone groups is 1. The van der Waals surface area contributed by atoms with Crippen LogP contribution in [0.4, 0.5) is 0 Å². The van der Waals surface area contributed by atoms with Gasteiger partial charge in [0.05, 0.1) is 5.75 Å². The number of hydrogen-bond donors (Lipinski definition) is 1. The Morgan fingerprint density at radius 2 is 2.13 bits per heavy atom. The van der Waals surface area contributed by atoms with Crippen LogP contribution in [0.5, 0.6) is 0 Å². The number of nitrogens with two attached hydrogens (primary N) is 1. The highest BCUT2D eigenvalue weighted by Gasteiger charge is 2.18. The second kappa shape index (κ2) is 5.82. The molecule has 0 aromatic heterocycles. The number of rotatable bonds is 5. The molecular weight excluding hydrogens is 212 g/mol. The second-order valence-electron chi connectivity index (χ2n) is 4.35. The maximum Gasteiger partial charge on any atom is 0.151 e. The standard InChI is InChI=1S/C10H22N2O2S/c1-2-7-15(13,14)8-6-12-5-3-4-10(11)9-12/h10H,2-9,11H2,1H3. The summed E-state index contributed by atoms with van der Waals surface area (Å²) in [5, 5.41) is 0. The fraction of sp³-hybridized carbons (Fsp3) is 1.00. The van der Waals surface area contributed by atoms with Crippen molar-refractivity contribution in [1.29, 1.82) is 0 Å². The zero-order chi connectivity index (χ0) is 11.3. The summed E-state index contributed by atoms with van der Waals surface area (Å²) in [5.41, 5.74) is 5.83. The molecule has 1 saturated heterocycles. The maximum atomic E-state index is 11.5. The summed E-state index contributed by atoms with van der Waals surface area (Å²) >= 11 is 0. The minimum atomic E-state index is -2.83. The highest BCUT2D eigenvalue weighted by molar-refractivity contribution is 7.91. The van der Waals surface area contributed by atoms with Crippen molar-refractivity contribution in [2.45, 2.75) is 32.2 Å². The Bertz CT molecular complexity index is 277. The fourth-order valence-corrected chi connectivity index (χ4v) is 3.34. The highest BCUT2D eigenvalue weighted by Crippen LogP contribution is 2.08. The number of nitrogens with zero attached hydrogens (tertiary/aromatic N) is 1. The topological polar surface area (TPSA) is 63.4 Å². The molecule has 2 N–H and O–H groups in total. The van der Waals surface area contributed by atoms with E-state index in [1.54, 1.807) is 0 Å². The molecule has 90 valence electrons. The van der Waals surface area contributed by atoms with E-state index in [4.69, 9.17) is 5.73 Å². The first-order chi connectivity index (χ1) is 7.03. The van der Waals surface area contributed by atoms with Gasteiger partial charge in [-0.15, -0.1) is 0 Å². The summed E-state index contributed by atoms with van der Waals surface area (Å²) in [6.45, 7) is 4.39. The lowest BCUT2D eigenvalue weighted by molar-refractivity contribution is 0.220. The number of hydrogen-bond acceptors (Lipinski definition) is 4. The van der Waals surface area contributed by atoms with Gasteiger partial charge in [0.25, 0.3) is 0 Å². The van der Waals surface area contributed by atoms with Crippen LogP contribution in [-0.2, 0) is 9.84 Å². The van der Waals surface area contributed by atoms with Crippen molar-refractivity contribution in [1.82, 2.24) is 4.90 Å². The third-order valence-electron chi connectivity index (χ3n) is 2.78. The van der Waals surface area contributed by atoms with E-state index in [0.717, 1.165) is 25.9 Å². The molecule has 0 amide bonds. The lowest BCUT2D eigenvalue weighted by Gasteiger charge is -2.30. The van der Waals surface area contributed by atoms with Crippen LogP contribution in [0, 0.1) is 0 Å². The molecule has 0 spiro atoms. The zero-order valence-corrected chi connectivity index (χ0v) is 10.3. The van der Waals surface area contributed by atoms with Crippen LogP contribution in [0.2, 0.25) is 0 Å². The molecule has 1 aliphatic rings. The van der Waals surface area contributed by atoms with Crippen molar-refractivity contribution in [3.63, 3.8) is 0 Å². The van der Waals surface area contributed by atoms with Gasteiger partial charge in [-0.2, -0.15) is 0 Å². The van der Waals surface area contributed by atoms with Gasteiger partial charge in [-0.3, -0.25) is 0 Å². The van der Waals surface area contributed by atoms with Crippen molar-refractivity contribution >= 4 is 9.84 Å². The molecule has 0 aliphatic carbocycles. The van der Waals surface area contributed by atoms with Gasteiger partial charge in [0.1, 0.15) is 0 Å². The quantitative estimate of drug-likeness (QED) is 0.740. The molecule has 0 bridgehead atoms. The summed E-state index contributed by atoms with van der Waals surface area (Å²) in [4.78, 5) is 2.17. The first-order valence-corrected chi connectivity index (χ1v) is 7.54.